The van der Waals surface area contributed by atoms with Crippen molar-refractivity contribution in [3.05, 3.63) is 0 Å². The minimum Gasteiger partial charge on any atom is -0.395 e. The predicted octanol–water partition coefficient (Wildman–Crippen LogP) is -0.435. The Morgan fingerprint density at radius 3 is 2.69 bits per heavy atom. The van der Waals surface area contributed by atoms with Crippen LogP contribution in [0.15, 0.2) is 0 Å². The highest BCUT2D eigenvalue weighted by atomic mass is 16.3. The summed E-state index contributed by atoms with van der Waals surface area (Å²) >= 11 is 0. The van der Waals surface area contributed by atoms with Crippen LogP contribution in [0.2, 0.25) is 0 Å². The van der Waals surface area contributed by atoms with Gasteiger partial charge in [-0.05, 0) is 5.41 Å². The van der Waals surface area contributed by atoms with E-state index in [0.29, 0.717) is 13.0 Å². The third kappa shape index (κ3) is 2.67. The van der Waals surface area contributed by atoms with Crippen molar-refractivity contribution in [3.63, 3.8) is 0 Å². The molecule has 1 fully saturated rings. The summed E-state index contributed by atoms with van der Waals surface area (Å²) < 4.78 is 0. The largest absolute Gasteiger partial charge is 0.395 e. The SMILES string of the molecule is CC1(C)CC(=O)N(CC(N)CO)C1. The average molecular weight is 186 g/mol. The molecule has 1 unspecified atom stereocenters. The summed E-state index contributed by atoms with van der Waals surface area (Å²) in [5.74, 6) is 0.147. The molecule has 0 aliphatic carbocycles. The summed E-state index contributed by atoms with van der Waals surface area (Å²) in [6.45, 7) is 5.28. The maximum atomic E-state index is 11.4. The van der Waals surface area contributed by atoms with E-state index >= 15 is 0 Å². The number of likely N-dealkylation sites (tertiary alicyclic amines) is 1. The Bertz CT molecular complexity index is 204. The van der Waals surface area contributed by atoms with Gasteiger partial charge in [0, 0.05) is 25.6 Å². The number of carbonyl (C=O) groups excluding carboxylic acids is 1. The van der Waals surface area contributed by atoms with Gasteiger partial charge in [-0.2, -0.15) is 0 Å². The number of hydrogen-bond donors (Lipinski definition) is 2. The minimum absolute atomic E-state index is 0.0618. The fourth-order valence-corrected chi connectivity index (χ4v) is 1.69. The first-order valence-electron chi connectivity index (χ1n) is 4.59. The molecule has 13 heavy (non-hydrogen) atoms. The van der Waals surface area contributed by atoms with Gasteiger partial charge in [-0.15, -0.1) is 0 Å². The lowest BCUT2D eigenvalue weighted by atomic mass is 9.93. The van der Waals surface area contributed by atoms with Gasteiger partial charge < -0.3 is 15.7 Å². The zero-order valence-electron chi connectivity index (χ0n) is 8.29. The summed E-state index contributed by atoms with van der Waals surface area (Å²) in [6, 6.07) is -0.308. The maximum absolute atomic E-state index is 11.4. The molecule has 1 amide bonds. The van der Waals surface area contributed by atoms with Crippen molar-refractivity contribution in [3.8, 4) is 0 Å². The van der Waals surface area contributed by atoms with E-state index < -0.39 is 0 Å². The number of hydrogen-bond acceptors (Lipinski definition) is 3. The van der Waals surface area contributed by atoms with Crippen LogP contribution in [0.25, 0.3) is 0 Å². The highest BCUT2D eigenvalue weighted by Crippen LogP contribution is 2.29. The molecule has 0 aromatic rings. The van der Waals surface area contributed by atoms with Crippen molar-refractivity contribution in [1.29, 1.82) is 0 Å². The van der Waals surface area contributed by atoms with Gasteiger partial charge in [0.1, 0.15) is 0 Å². The van der Waals surface area contributed by atoms with Crippen LogP contribution in [-0.4, -0.2) is 41.7 Å². The second kappa shape index (κ2) is 3.64. The standard InChI is InChI=1S/C9H18N2O2/c1-9(2)3-8(13)11(6-9)4-7(10)5-12/h7,12H,3-6,10H2,1-2H3. The lowest BCUT2D eigenvalue weighted by Crippen LogP contribution is -2.40. The zero-order chi connectivity index (χ0) is 10.1. The quantitative estimate of drug-likeness (QED) is 0.628. The molecule has 1 aliphatic rings. The number of aliphatic hydroxyl groups is 1. The van der Waals surface area contributed by atoms with E-state index in [-0.39, 0.29) is 24.0 Å². The summed E-state index contributed by atoms with van der Waals surface area (Å²) in [4.78, 5) is 13.2. The van der Waals surface area contributed by atoms with E-state index in [1.54, 1.807) is 4.90 Å². The Morgan fingerprint density at radius 1 is 1.69 bits per heavy atom. The van der Waals surface area contributed by atoms with Gasteiger partial charge in [-0.1, -0.05) is 13.8 Å². The van der Waals surface area contributed by atoms with Crippen LogP contribution in [0.3, 0.4) is 0 Å². The molecule has 1 aliphatic heterocycles. The lowest BCUT2D eigenvalue weighted by Gasteiger charge is -2.21. The molecule has 3 N–H and O–H groups in total. The molecular formula is C9H18N2O2. The molecule has 1 atom stereocenters. The van der Waals surface area contributed by atoms with E-state index in [2.05, 4.69) is 13.8 Å². The molecule has 0 aromatic carbocycles. The highest BCUT2D eigenvalue weighted by molar-refractivity contribution is 5.79. The zero-order valence-corrected chi connectivity index (χ0v) is 8.29. The molecule has 0 saturated carbocycles. The Hall–Kier alpha value is -0.610. The number of nitrogens with zero attached hydrogens (tertiary/aromatic N) is 1. The Balaban J connectivity index is 2.49. The predicted molar refractivity (Wildman–Crippen MR) is 50.0 cm³/mol. The van der Waals surface area contributed by atoms with Gasteiger partial charge in [0.2, 0.25) is 5.91 Å². The summed E-state index contributed by atoms with van der Waals surface area (Å²) in [7, 11) is 0. The smallest absolute Gasteiger partial charge is 0.223 e. The molecule has 76 valence electrons. The molecule has 1 rings (SSSR count). The Morgan fingerprint density at radius 2 is 2.31 bits per heavy atom. The summed E-state index contributed by atoms with van der Waals surface area (Å²) in [5.41, 5.74) is 5.62. The second-order valence-electron chi connectivity index (χ2n) is 4.56. The van der Waals surface area contributed by atoms with Crippen molar-refractivity contribution in [2.75, 3.05) is 19.7 Å². The first-order chi connectivity index (χ1) is 5.94. The number of aliphatic hydroxyl groups excluding tert-OH is 1. The molecule has 4 heteroatoms. The Kier molecular flexibility index (Phi) is 2.93. The molecule has 0 spiro atoms. The lowest BCUT2D eigenvalue weighted by molar-refractivity contribution is -0.128. The van der Waals surface area contributed by atoms with Crippen LogP contribution in [0.5, 0.6) is 0 Å². The maximum Gasteiger partial charge on any atom is 0.223 e. The van der Waals surface area contributed by atoms with E-state index in [0.717, 1.165) is 6.54 Å². The third-order valence-corrected chi connectivity index (χ3v) is 2.29. The van der Waals surface area contributed by atoms with Gasteiger partial charge in [-0.25, -0.2) is 0 Å². The molecule has 1 saturated heterocycles. The topological polar surface area (TPSA) is 66.6 Å². The van der Waals surface area contributed by atoms with E-state index in [1.165, 1.54) is 0 Å². The first-order valence-corrected chi connectivity index (χ1v) is 4.59. The molecule has 1 heterocycles. The minimum atomic E-state index is -0.308. The normalized spacial score (nSPS) is 23.7. The third-order valence-electron chi connectivity index (χ3n) is 2.29. The van der Waals surface area contributed by atoms with Gasteiger partial charge in [0.15, 0.2) is 0 Å². The Labute approximate surface area is 78.7 Å². The monoisotopic (exact) mass is 186 g/mol. The van der Waals surface area contributed by atoms with E-state index in [9.17, 15) is 4.79 Å². The van der Waals surface area contributed by atoms with E-state index in [4.69, 9.17) is 10.8 Å². The fourth-order valence-electron chi connectivity index (χ4n) is 1.69. The van der Waals surface area contributed by atoms with Gasteiger partial charge in [0.05, 0.1) is 6.61 Å². The molecule has 0 bridgehead atoms. The van der Waals surface area contributed by atoms with Crippen LogP contribution in [0.4, 0.5) is 0 Å². The van der Waals surface area contributed by atoms with Crippen LogP contribution in [-0.2, 0) is 4.79 Å². The molecular weight excluding hydrogens is 168 g/mol. The van der Waals surface area contributed by atoms with E-state index in [1.807, 2.05) is 0 Å². The van der Waals surface area contributed by atoms with Gasteiger partial charge in [0.25, 0.3) is 0 Å². The second-order valence-corrected chi connectivity index (χ2v) is 4.56. The van der Waals surface area contributed by atoms with Crippen molar-refractivity contribution >= 4 is 5.91 Å². The molecule has 0 aromatic heterocycles. The summed E-state index contributed by atoms with van der Waals surface area (Å²) in [5, 5.41) is 8.75. The van der Waals surface area contributed by atoms with Crippen molar-refractivity contribution in [2.45, 2.75) is 26.3 Å². The van der Waals surface area contributed by atoms with Crippen LogP contribution >= 0.6 is 0 Å². The first kappa shape index (κ1) is 10.5. The van der Waals surface area contributed by atoms with Crippen molar-refractivity contribution < 1.29 is 9.90 Å². The van der Waals surface area contributed by atoms with Crippen LogP contribution < -0.4 is 5.73 Å². The number of rotatable bonds is 3. The number of nitrogens with two attached hydrogens (primary N) is 1. The van der Waals surface area contributed by atoms with Crippen molar-refractivity contribution in [2.24, 2.45) is 11.1 Å². The summed E-state index contributed by atoms with van der Waals surface area (Å²) in [6.07, 6.45) is 0.588. The van der Waals surface area contributed by atoms with Gasteiger partial charge in [-0.3, -0.25) is 4.79 Å². The average Bonchev–Trinajstić information content (AvgIpc) is 2.24. The number of carbonyl (C=O) groups is 1. The fraction of sp³-hybridized carbons (Fsp3) is 0.889. The highest BCUT2D eigenvalue weighted by Gasteiger charge is 2.35. The number of amides is 1. The van der Waals surface area contributed by atoms with Gasteiger partial charge >= 0.3 is 0 Å². The van der Waals surface area contributed by atoms with Crippen molar-refractivity contribution in [1.82, 2.24) is 4.90 Å². The molecule has 4 nitrogen and oxygen atoms in total. The van der Waals surface area contributed by atoms with Crippen LogP contribution in [0.1, 0.15) is 20.3 Å². The molecule has 0 radical (unpaired) electrons. The van der Waals surface area contributed by atoms with Crippen LogP contribution in [0, 0.1) is 5.41 Å².